The Labute approximate surface area is 112 Å². The van der Waals surface area contributed by atoms with Crippen LogP contribution in [0.2, 0.25) is 0 Å². The lowest BCUT2D eigenvalue weighted by Gasteiger charge is -2.31. The average Bonchev–Trinajstić information content (AvgIpc) is 2.78. The molecule has 0 bridgehead atoms. The fraction of sp³-hybridized carbons (Fsp3) is 0.750. The summed E-state index contributed by atoms with van der Waals surface area (Å²) in [6.45, 7) is 4.14. The molecule has 0 amide bonds. The van der Waals surface area contributed by atoms with E-state index in [-0.39, 0.29) is 0 Å². The molecule has 96 valence electrons. The SMILES string of the molecule is COCC1CCCN(Cc2nc(CCl)cs2)C1. The fourth-order valence-electron chi connectivity index (χ4n) is 2.34. The van der Waals surface area contributed by atoms with Crippen LogP contribution in [0.25, 0.3) is 0 Å². The predicted octanol–water partition coefficient (Wildman–Crippen LogP) is 2.74. The average molecular weight is 275 g/mol. The van der Waals surface area contributed by atoms with Gasteiger partial charge in [0.1, 0.15) is 5.01 Å². The van der Waals surface area contributed by atoms with Crippen LogP contribution in [0.4, 0.5) is 0 Å². The first-order valence-corrected chi connectivity index (χ1v) is 7.43. The van der Waals surface area contributed by atoms with Crippen molar-refractivity contribution in [2.24, 2.45) is 5.92 Å². The number of thiazole rings is 1. The highest BCUT2D eigenvalue weighted by Crippen LogP contribution is 2.20. The molecule has 0 aromatic carbocycles. The smallest absolute Gasteiger partial charge is 0.107 e. The summed E-state index contributed by atoms with van der Waals surface area (Å²) in [5.74, 6) is 1.20. The second kappa shape index (κ2) is 6.69. The highest BCUT2D eigenvalue weighted by molar-refractivity contribution is 7.09. The number of likely N-dealkylation sites (tertiary alicyclic amines) is 1. The van der Waals surface area contributed by atoms with Crippen molar-refractivity contribution in [3.63, 3.8) is 0 Å². The maximum atomic E-state index is 5.76. The van der Waals surface area contributed by atoms with Gasteiger partial charge in [0, 0.05) is 19.0 Å². The Morgan fingerprint density at radius 2 is 2.53 bits per heavy atom. The molecule has 2 heterocycles. The van der Waals surface area contributed by atoms with Crippen molar-refractivity contribution in [1.82, 2.24) is 9.88 Å². The summed E-state index contributed by atoms with van der Waals surface area (Å²) in [4.78, 5) is 6.98. The van der Waals surface area contributed by atoms with Gasteiger partial charge in [0.25, 0.3) is 0 Å². The minimum absolute atomic E-state index is 0.517. The summed E-state index contributed by atoms with van der Waals surface area (Å²) < 4.78 is 5.24. The zero-order chi connectivity index (χ0) is 12.1. The molecule has 1 saturated heterocycles. The van der Waals surface area contributed by atoms with Crippen molar-refractivity contribution in [1.29, 1.82) is 0 Å². The van der Waals surface area contributed by atoms with Crippen molar-refractivity contribution in [3.8, 4) is 0 Å². The van der Waals surface area contributed by atoms with E-state index in [1.165, 1.54) is 24.4 Å². The van der Waals surface area contributed by atoms with Gasteiger partial charge in [0.15, 0.2) is 0 Å². The van der Waals surface area contributed by atoms with Gasteiger partial charge in [-0.3, -0.25) is 4.90 Å². The number of hydrogen-bond donors (Lipinski definition) is 0. The Bertz CT molecular complexity index is 343. The minimum Gasteiger partial charge on any atom is -0.384 e. The standard InChI is InChI=1S/C12H19ClN2OS/c1-16-8-10-3-2-4-15(6-10)7-12-14-11(5-13)9-17-12/h9-10H,2-8H2,1H3. The van der Waals surface area contributed by atoms with Gasteiger partial charge < -0.3 is 4.74 Å². The van der Waals surface area contributed by atoms with Crippen LogP contribution in [-0.4, -0.2) is 36.7 Å². The fourth-order valence-corrected chi connectivity index (χ4v) is 3.40. The van der Waals surface area contributed by atoms with Crippen LogP contribution in [-0.2, 0) is 17.2 Å². The molecule has 0 radical (unpaired) electrons. The minimum atomic E-state index is 0.517. The largest absolute Gasteiger partial charge is 0.384 e. The molecule has 0 spiro atoms. The zero-order valence-electron chi connectivity index (χ0n) is 10.2. The topological polar surface area (TPSA) is 25.4 Å². The van der Waals surface area contributed by atoms with Crippen molar-refractivity contribution in [3.05, 3.63) is 16.1 Å². The van der Waals surface area contributed by atoms with Gasteiger partial charge in [-0.1, -0.05) is 0 Å². The number of alkyl halides is 1. The molecule has 0 saturated carbocycles. The second-order valence-corrected chi connectivity index (χ2v) is 5.77. The molecule has 1 atom stereocenters. The van der Waals surface area contributed by atoms with Crippen LogP contribution in [0.1, 0.15) is 23.5 Å². The molecule has 1 aromatic heterocycles. The summed E-state index contributed by atoms with van der Waals surface area (Å²) in [5, 5.41) is 3.23. The van der Waals surface area contributed by atoms with Crippen LogP contribution in [0, 0.1) is 5.92 Å². The monoisotopic (exact) mass is 274 g/mol. The Morgan fingerprint density at radius 3 is 3.24 bits per heavy atom. The molecular formula is C12H19ClN2OS. The van der Waals surface area contributed by atoms with Gasteiger partial charge in [0.05, 0.1) is 24.7 Å². The number of rotatable bonds is 5. The molecule has 1 aliphatic rings. The quantitative estimate of drug-likeness (QED) is 0.772. The first kappa shape index (κ1) is 13.3. The molecule has 5 heteroatoms. The lowest BCUT2D eigenvalue weighted by atomic mass is 9.99. The van der Waals surface area contributed by atoms with E-state index in [2.05, 4.69) is 15.3 Å². The summed E-state index contributed by atoms with van der Waals surface area (Å²) in [5.41, 5.74) is 0.997. The highest BCUT2D eigenvalue weighted by atomic mass is 35.5. The van der Waals surface area contributed by atoms with E-state index in [1.54, 1.807) is 18.4 Å². The van der Waals surface area contributed by atoms with Crippen LogP contribution < -0.4 is 0 Å². The van der Waals surface area contributed by atoms with E-state index >= 15 is 0 Å². The number of halogens is 1. The molecule has 1 unspecified atom stereocenters. The third-order valence-electron chi connectivity index (χ3n) is 3.10. The second-order valence-electron chi connectivity index (χ2n) is 4.56. The summed E-state index contributed by atoms with van der Waals surface area (Å²) in [6.07, 6.45) is 2.55. The third kappa shape index (κ3) is 3.91. The van der Waals surface area contributed by atoms with E-state index in [9.17, 15) is 0 Å². The number of ether oxygens (including phenoxy) is 1. The number of hydrogen-bond acceptors (Lipinski definition) is 4. The first-order chi connectivity index (χ1) is 8.31. The van der Waals surface area contributed by atoms with Gasteiger partial charge in [-0.2, -0.15) is 0 Å². The van der Waals surface area contributed by atoms with Crippen LogP contribution in [0.3, 0.4) is 0 Å². The van der Waals surface area contributed by atoms with Crippen LogP contribution in [0.5, 0.6) is 0 Å². The summed E-state index contributed by atoms with van der Waals surface area (Å²) in [7, 11) is 1.78. The maximum Gasteiger partial charge on any atom is 0.107 e. The van der Waals surface area contributed by atoms with Crippen LogP contribution in [0.15, 0.2) is 5.38 Å². The zero-order valence-corrected chi connectivity index (χ0v) is 11.8. The van der Waals surface area contributed by atoms with Crippen molar-refractivity contribution < 1.29 is 4.74 Å². The van der Waals surface area contributed by atoms with Crippen LogP contribution >= 0.6 is 22.9 Å². The molecule has 1 fully saturated rings. The van der Waals surface area contributed by atoms with E-state index < -0.39 is 0 Å². The molecule has 3 nitrogen and oxygen atoms in total. The number of methoxy groups -OCH3 is 1. The Balaban J connectivity index is 1.85. The van der Waals surface area contributed by atoms with Gasteiger partial charge >= 0.3 is 0 Å². The summed E-state index contributed by atoms with van der Waals surface area (Å²) >= 11 is 7.48. The lowest BCUT2D eigenvalue weighted by Crippen LogP contribution is -2.36. The summed E-state index contributed by atoms with van der Waals surface area (Å²) in [6, 6.07) is 0. The van der Waals surface area contributed by atoms with Gasteiger partial charge in [-0.05, 0) is 25.3 Å². The molecule has 17 heavy (non-hydrogen) atoms. The normalized spacial score (nSPS) is 21.9. The molecule has 1 aromatic rings. The van der Waals surface area contributed by atoms with E-state index in [0.29, 0.717) is 11.8 Å². The molecule has 2 rings (SSSR count). The number of aromatic nitrogens is 1. The lowest BCUT2D eigenvalue weighted by molar-refractivity contribution is 0.0873. The Hall–Kier alpha value is -0.160. The number of piperidine rings is 1. The molecule has 1 aliphatic heterocycles. The number of nitrogens with zero attached hydrogens (tertiary/aromatic N) is 2. The van der Waals surface area contributed by atoms with Gasteiger partial charge in [-0.25, -0.2) is 4.98 Å². The maximum absolute atomic E-state index is 5.76. The van der Waals surface area contributed by atoms with Crippen molar-refractivity contribution in [2.45, 2.75) is 25.3 Å². The Kier molecular flexibility index (Phi) is 5.22. The Morgan fingerprint density at radius 1 is 1.65 bits per heavy atom. The van der Waals surface area contributed by atoms with Crippen molar-refractivity contribution >= 4 is 22.9 Å². The highest BCUT2D eigenvalue weighted by Gasteiger charge is 2.20. The predicted molar refractivity (Wildman–Crippen MR) is 71.5 cm³/mol. The van der Waals surface area contributed by atoms with E-state index in [0.717, 1.165) is 25.4 Å². The van der Waals surface area contributed by atoms with Crippen molar-refractivity contribution in [2.75, 3.05) is 26.8 Å². The first-order valence-electron chi connectivity index (χ1n) is 6.02. The molecular weight excluding hydrogens is 256 g/mol. The van der Waals surface area contributed by atoms with Gasteiger partial charge in [-0.15, -0.1) is 22.9 Å². The molecule has 0 aliphatic carbocycles. The van der Waals surface area contributed by atoms with Gasteiger partial charge in [0.2, 0.25) is 0 Å². The third-order valence-corrected chi connectivity index (χ3v) is 4.26. The van der Waals surface area contributed by atoms with E-state index in [4.69, 9.17) is 16.3 Å². The van der Waals surface area contributed by atoms with E-state index in [1.807, 2.05) is 0 Å². The molecule has 0 N–H and O–H groups in total.